The van der Waals surface area contributed by atoms with Gasteiger partial charge >= 0.3 is 17.8 Å². The number of hydrogen-bond acceptors (Lipinski definition) is 6. The monoisotopic (exact) mass is 312 g/mol. The van der Waals surface area contributed by atoms with Gasteiger partial charge in [0.1, 0.15) is 5.76 Å². The maximum absolute atomic E-state index is 14.9. The Morgan fingerprint density at radius 2 is 2.09 bits per heavy atom. The molecule has 0 radical (unpaired) electrons. The van der Waals surface area contributed by atoms with Crippen LogP contribution in [0.1, 0.15) is 31.9 Å². The van der Waals surface area contributed by atoms with Gasteiger partial charge in [-0.25, -0.2) is 9.59 Å². The first-order chi connectivity index (χ1) is 10.5. The van der Waals surface area contributed by atoms with E-state index in [1.54, 1.807) is 26.0 Å². The Morgan fingerprint density at radius 3 is 2.68 bits per heavy atom. The molecular weight excluding hydrogens is 295 g/mol. The molecule has 0 amide bonds. The Labute approximate surface area is 126 Å². The first kappa shape index (κ1) is 16.1. The van der Waals surface area contributed by atoms with E-state index in [0.29, 0.717) is 5.76 Å². The first-order valence-electron chi connectivity index (χ1n) is 6.97. The zero-order valence-corrected chi connectivity index (χ0v) is 12.3. The van der Waals surface area contributed by atoms with Crippen LogP contribution in [0.5, 0.6) is 0 Å². The van der Waals surface area contributed by atoms with Crippen LogP contribution in [0.2, 0.25) is 0 Å². The Hall–Kier alpha value is -2.31. The molecule has 0 saturated heterocycles. The Morgan fingerprint density at radius 1 is 1.36 bits per heavy atom. The van der Waals surface area contributed by atoms with Gasteiger partial charge in [0, 0.05) is 12.3 Å². The maximum Gasteiger partial charge on any atom is 0.384 e. The summed E-state index contributed by atoms with van der Waals surface area (Å²) in [5, 5.41) is 0. The molecule has 0 fully saturated rings. The number of esters is 2. The van der Waals surface area contributed by atoms with Crippen LogP contribution in [-0.2, 0) is 23.8 Å². The smallest absolute Gasteiger partial charge is 0.384 e. The summed E-state index contributed by atoms with van der Waals surface area (Å²) < 4.78 is 34.5. The lowest BCUT2D eigenvalue weighted by atomic mass is 9.94. The highest BCUT2D eigenvalue weighted by Gasteiger charge is 2.50. The second-order valence-corrected chi connectivity index (χ2v) is 4.63. The number of ether oxygens (including phenoxy) is 3. The third kappa shape index (κ3) is 3.29. The summed E-state index contributed by atoms with van der Waals surface area (Å²) in [6.07, 6.45) is 2.46. The average Bonchev–Trinajstić information content (AvgIpc) is 3.01. The van der Waals surface area contributed by atoms with E-state index >= 15 is 0 Å². The van der Waals surface area contributed by atoms with Gasteiger partial charge in [-0.3, -0.25) is 0 Å². The highest BCUT2D eigenvalue weighted by molar-refractivity contribution is 5.88. The SMILES string of the molecule is CCOC(=O)C1=CC(c2ccco2)CC(F)(C(=O)OCC)O1. The van der Waals surface area contributed by atoms with E-state index < -0.39 is 23.7 Å². The van der Waals surface area contributed by atoms with Crippen LogP contribution in [0, 0.1) is 0 Å². The fourth-order valence-corrected chi connectivity index (χ4v) is 2.14. The van der Waals surface area contributed by atoms with Crippen LogP contribution in [0.25, 0.3) is 0 Å². The molecule has 2 atom stereocenters. The molecule has 2 heterocycles. The summed E-state index contributed by atoms with van der Waals surface area (Å²) in [5.74, 6) is -5.38. The van der Waals surface area contributed by atoms with Gasteiger partial charge in [0.25, 0.3) is 0 Å². The molecule has 1 aliphatic heterocycles. The Kier molecular flexibility index (Phi) is 4.85. The quantitative estimate of drug-likeness (QED) is 0.777. The van der Waals surface area contributed by atoms with Gasteiger partial charge in [0.15, 0.2) is 0 Å². The number of halogens is 1. The lowest BCUT2D eigenvalue weighted by Gasteiger charge is -2.31. The molecule has 0 N–H and O–H groups in total. The van der Waals surface area contributed by atoms with E-state index in [1.165, 1.54) is 12.3 Å². The summed E-state index contributed by atoms with van der Waals surface area (Å²) in [6.45, 7) is 3.26. The fraction of sp³-hybridized carbons (Fsp3) is 0.467. The fourth-order valence-electron chi connectivity index (χ4n) is 2.14. The van der Waals surface area contributed by atoms with Gasteiger partial charge in [-0.15, -0.1) is 0 Å². The predicted molar refractivity (Wildman–Crippen MR) is 72.3 cm³/mol. The van der Waals surface area contributed by atoms with Crippen molar-refractivity contribution in [3.05, 3.63) is 36.0 Å². The molecule has 2 rings (SSSR count). The molecular formula is C15H17FO6. The van der Waals surface area contributed by atoms with Gasteiger partial charge in [-0.2, -0.15) is 4.39 Å². The van der Waals surface area contributed by atoms with Crippen molar-refractivity contribution in [1.82, 2.24) is 0 Å². The molecule has 6 nitrogen and oxygen atoms in total. The maximum atomic E-state index is 14.9. The molecule has 0 bridgehead atoms. The van der Waals surface area contributed by atoms with Crippen LogP contribution in [0.3, 0.4) is 0 Å². The molecule has 1 aromatic rings. The third-order valence-corrected chi connectivity index (χ3v) is 3.07. The van der Waals surface area contributed by atoms with Crippen LogP contribution < -0.4 is 0 Å². The minimum absolute atomic E-state index is 0.00225. The summed E-state index contributed by atoms with van der Waals surface area (Å²) in [6, 6.07) is 3.26. The summed E-state index contributed by atoms with van der Waals surface area (Å²) >= 11 is 0. The van der Waals surface area contributed by atoms with Gasteiger partial charge in [0.2, 0.25) is 5.76 Å². The van der Waals surface area contributed by atoms with Gasteiger partial charge in [0.05, 0.1) is 19.5 Å². The topological polar surface area (TPSA) is 75.0 Å². The molecule has 2 unspecified atom stereocenters. The molecule has 1 aromatic heterocycles. The van der Waals surface area contributed by atoms with Gasteiger partial charge in [-0.1, -0.05) is 0 Å². The Balaban J connectivity index is 2.32. The van der Waals surface area contributed by atoms with Crippen molar-refractivity contribution in [2.24, 2.45) is 0 Å². The van der Waals surface area contributed by atoms with Crippen LogP contribution in [0.15, 0.2) is 34.6 Å². The molecule has 0 aliphatic carbocycles. The number of carbonyl (C=O) groups is 2. The molecule has 120 valence electrons. The van der Waals surface area contributed by atoms with Crippen molar-refractivity contribution < 1.29 is 32.6 Å². The second-order valence-electron chi connectivity index (χ2n) is 4.63. The number of allylic oxidation sites excluding steroid dienone is 1. The standard InChI is InChI=1S/C15H17FO6/c1-3-19-13(17)12-8-10(11-6-5-7-21-11)9-15(16,22-12)14(18)20-4-2/h5-8,10H,3-4,9H2,1-2H3. The summed E-state index contributed by atoms with van der Waals surface area (Å²) in [7, 11) is 0. The van der Waals surface area contributed by atoms with E-state index in [9.17, 15) is 14.0 Å². The van der Waals surface area contributed by atoms with Gasteiger partial charge in [-0.05, 0) is 32.1 Å². The van der Waals surface area contributed by atoms with E-state index in [2.05, 4.69) is 4.74 Å². The van der Waals surface area contributed by atoms with Crippen LogP contribution in [0.4, 0.5) is 4.39 Å². The number of furan rings is 1. The summed E-state index contributed by atoms with van der Waals surface area (Å²) in [4.78, 5) is 23.6. The summed E-state index contributed by atoms with van der Waals surface area (Å²) in [5.41, 5.74) is 0. The van der Waals surface area contributed by atoms with Crippen molar-refractivity contribution in [3.8, 4) is 0 Å². The first-order valence-corrected chi connectivity index (χ1v) is 6.97. The minimum atomic E-state index is -2.76. The predicted octanol–water partition coefficient (Wildman–Crippen LogP) is 2.46. The van der Waals surface area contributed by atoms with Gasteiger partial charge < -0.3 is 18.6 Å². The van der Waals surface area contributed by atoms with Crippen molar-refractivity contribution in [3.63, 3.8) is 0 Å². The lowest BCUT2D eigenvalue weighted by Crippen LogP contribution is -2.43. The molecule has 7 heteroatoms. The minimum Gasteiger partial charge on any atom is -0.469 e. The normalized spacial score (nSPS) is 24.1. The molecule has 22 heavy (non-hydrogen) atoms. The molecule has 0 spiro atoms. The lowest BCUT2D eigenvalue weighted by molar-refractivity contribution is -0.199. The van der Waals surface area contributed by atoms with Crippen molar-refractivity contribution in [1.29, 1.82) is 0 Å². The zero-order chi connectivity index (χ0) is 16.2. The highest BCUT2D eigenvalue weighted by Crippen LogP contribution is 2.39. The third-order valence-electron chi connectivity index (χ3n) is 3.07. The van der Waals surface area contributed by atoms with Crippen molar-refractivity contribution in [2.75, 3.05) is 13.2 Å². The number of rotatable bonds is 5. The van der Waals surface area contributed by atoms with Crippen LogP contribution >= 0.6 is 0 Å². The van der Waals surface area contributed by atoms with E-state index in [1.807, 2.05) is 0 Å². The molecule has 0 saturated carbocycles. The Bertz CT molecular complexity index is 565. The number of alkyl halides is 1. The van der Waals surface area contributed by atoms with E-state index in [-0.39, 0.29) is 25.4 Å². The average molecular weight is 312 g/mol. The molecule has 0 aromatic carbocycles. The van der Waals surface area contributed by atoms with E-state index in [4.69, 9.17) is 13.9 Å². The van der Waals surface area contributed by atoms with Crippen molar-refractivity contribution in [2.45, 2.75) is 32.0 Å². The highest BCUT2D eigenvalue weighted by atomic mass is 19.2. The number of hydrogen-bond donors (Lipinski definition) is 0. The van der Waals surface area contributed by atoms with Crippen LogP contribution in [-0.4, -0.2) is 31.0 Å². The molecule has 1 aliphatic rings. The van der Waals surface area contributed by atoms with Crippen molar-refractivity contribution >= 4 is 11.9 Å². The largest absolute Gasteiger partial charge is 0.469 e. The van der Waals surface area contributed by atoms with E-state index in [0.717, 1.165) is 0 Å². The zero-order valence-electron chi connectivity index (χ0n) is 12.3. The number of carbonyl (C=O) groups excluding carboxylic acids is 2. The second kappa shape index (κ2) is 6.64.